The molecule has 23 heavy (non-hydrogen) atoms. The van der Waals surface area contributed by atoms with Gasteiger partial charge in [-0.15, -0.1) is 0 Å². The highest BCUT2D eigenvalue weighted by molar-refractivity contribution is 6.30. The molecule has 122 valence electrons. The Morgan fingerprint density at radius 1 is 1.17 bits per heavy atom. The number of benzene rings is 2. The van der Waals surface area contributed by atoms with E-state index >= 15 is 0 Å². The average molecular weight is 334 g/mol. The number of ether oxygens (including phenoxy) is 1. The van der Waals surface area contributed by atoms with E-state index in [4.69, 9.17) is 16.3 Å². The Morgan fingerprint density at radius 3 is 2.35 bits per heavy atom. The molecule has 4 nitrogen and oxygen atoms in total. The Bertz CT molecular complexity index is 651. The highest BCUT2D eigenvalue weighted by Gasteiger charge is 2.23. The van der Waals surface area contributed by atoms with Crippen LogP contribution in [0.4, 0.5) is 0 Å². The van der Waals surface area contributed by atoms with Crippen molar-refractivity contribution >= 4 is 17.5 Å². The van der Waals surface area contributed by atoms with Crippen molar-refractivity contribution in [1.82, 2.24) is 5.32 Å². The molecule has 0 saturated heterocycles. The van der Waals surface area contributed by atoms with E-state index in [1.807, 2.05) is 24.3 Å². The third-order valence-electron chi connectivity index (χ3n) is 3.62. The number of nitrogens with one attached hydrogen (secondary N) is 1. The van der Waals surface area contributed by atoms with Crippen LogP contribution in [0.25, 0.3) is 0 Å². The van der Waals surface area contributed by atoms with Crippen LogP contribution in [-0.2, 0) is 16.8 Å². The Labute approximate surface area is 141 Å². The number of carbonyl (C=O) groups excluding carboxylic acids is 1. The van der Waals surface area contributed by atoms with E-state index in [0.717, 1.165) is 11.3 Å². The van der Waals surface area contributed by atoms with Gasteiger partial charge in [0.2, 0.25) is 5.91 Å². The van der Waals surface area contributed by atoms with Gasteiger partial charge >= 0.3 is 0 Å². The first-order chi connectivity index (χ1) is 10.9. The third-order valence-corrected chi connectivity index (χ3v) is 3.87. The second kappa shape index (κ2) is 7.49. The highest BCUT2D eigenvalue weighted by Crippen LogP contribution is 2.21. The lowest BCUT2D eigenvalue weighted by atomic mass is 9.96. The second-order valence-electron chi connectivity index (χ2n) is 5.58. The van der Waals surface area contributed by atoms with Gasteiger partial charge in [-0.3, -0.25) is 4.79 Å². The van der Waals surface area contributed by atoms with E-state index in [9.17, 15) is 9.90 Å². The van der Waals surface area contributed by atoms with Crippen molar-refractivity contribution in [2.45, 2.75) is 18.9 Å². The van der Waals surface area contributed by atoms with Gasteiger partial charge in [-0.1, -0.05) is 35.9 Å². The first-order valence-corrected chi connectivity index (χ1v) is 7.66. The summed E-state index contributed by atoms with van der Waals surface area (Å²) >= 11 is 5.84. The lowest BCUT2D eigenvalue weighted by Crippen LogP contribution is -2.39. The summed E-state index contributed by atoms with van der Waals surface area (Å²) in [6.45, 7) is 1.79. The lowest BCUT2D eigenvalue weighted by Gasteiger charge is -2.24. The zero-order valence-corrected chi connectivity index (χ0v) is 13.9. The number of carbonyl (C=O) groups is 1. The molecule has 2 aromatic rings. The summed E-state index contributed by atoms with van der Waals surface area (Å²) in [5.41, 5.74) is 0.432. The largest absolute Gasteiger partial charge is 0.497 e. The lowest BCUT2D eigenvalue weighted by molar-refractivity contribution is -0.121. The van der Waals surface area contributed by atoms with Crippen LogP contribution in [0.2, 0.25) is 5.02 Å². The Hall–Kier alpha value is -2.04. The molecule has 0 aromatic heterocycles. The van der Waals surface area contributed by atoms with Gasteiger partial charge in [0, 0.05) is 5.02 Å². The minimum absolute atomic E-state index is 0.129. The van der Waals surface area contributed by atoms with Crippen molar-refractivity contribution in [2.75, 3.05) is 13.7 Å². The van der Waals surface area contributed by atoms with Gasteiger partial charge in [-0.2, -0.15) is 0 Å². The van der Waals surface area contributed by atoms with Gasteiger partial charge in [0.1, 0.15) is 11.4 Å². The van der Waals surface area contributed by atoms with E-state index in [0.29, 0.717) is 10.6 Å². The van der Waals surface area contributed by atoms with Crippen molar-refractivity contribution in [1.29, 1.82) is 0 Å². The maximum Gasteiger partial charge on any atom is 0.224 e. The molecule has 0 fully saturated rings. The summed E-state index contributed by atoms with van der Waals surface area (Å²) in [6.07, 6.45) is 0.251. The Balaban J connectivity index is 1.90. The van der Waals surface area contributed by atoms with Crippen molar-refractivity contribution in [3.8, 4) is 5.75 Å². The fourth-order valence-corrected chi connectivity index (χ4v) is 2.30. The SMILES string of the molecule is COc1ccc(CC(=O)NCC(C)(O)c2ccc(Cl)cc2)cc1. The fourth-order valence-electron chi connectivity index (χ4n) is 2.17. The van der Waals surface area contributed by atoms with Crippen LogP contribution in [0, 0.1) is 0 Å². The topological polar surface area (TPSA) is 58.6 Å². The average Bonchev–Trinajstić information content (AvgIpc) is 2.54. The van der Waals surface area contributed by atoms with Crippen molar-refractivity contribution in [2.24, 2.45) is 0 Å². The molecule has 0 aliphatic rings. The zero-order chi connectivity index (χ0) is 16.9. The van der Waals surface area contributed by atoms with Crippen LogP contribution in [0.15, 0.2) is 48.5 Å². The monoisotopic (exact) mass is 333 g/mol. The van der Waals surface area contributed by atoms with Crippen LogP contribution in [-0.4, -0.2) is 24.7 Å². The second-order valence-corrected chi connectivity index (χ2v) is 6.02. The maximum absolute atomic E-state index is 12.0. The fraction of sp³-hybridized carbons (Fsp3) is 0.278. The highest BCUT2D eigenvalue weighted by atomic mass is 35.5. The molecule has 0 aliphatic carbocycles. The quantitative estimate of drug-likeness (QED) is 0.854. The number of hydrogen-bond acceptors (Lipinski definition) is 3. The molecular weight excluding hydrogens is 314 g/mol. The number of rotatable bonds is 6. The van der Waals surface area contributed by atoms with E-state index < -0.39 is 5.60 Å². The van der Waals surface area contributed by atoms with Gasteiger partial charge in [-0.05, 0) is 42.3 Å². The molecule has 0 radical (unpaired) electrons. The molecule has 0 bridgehead atoms. The van der Waals surface area contributed by atoms with E-state index in [-0.39, 0.29) is 18.9 Å². The molecule has 1 amide bonds. The summed E-state index contributed by atoms with van der Waals surface area (Å²) in [5, 5.41) is 13.9. The summed E-state index contributed by atoms with van der Waals surface area (Å²) < 4.78 is 5.08. The van der Waals surface area contributed by atoms with Gasteiger partial charge in [0.25, 0.3) is 0 Å². The molecule has 0 heterocycles. The Kier molecular flexibility index (Phi) is 5.64. The third kappa shape index (κ3) is 4.98. The van der Waals surface area contributed by atoms with E-state index in [1.54, 1.807) is 38.3 Å². The number of aliphatic hydroxyl groups is 1. The number of hydrogen-bond donors (Lipinski definition) is 2. The van der Waals surface area contributed by atoms with Gasteiger partial charge in [-0.25, -0.2) is 0 Å². The molecule has 2 rings (SSSR count). The predicted octanol–water partition coefficient (Wildman–Crippen LogP) is 2.92. The molecule has 1 unspecified atom stereocenters. The number of methoxy groups -OCH3 is 1. The summed E-state index contributed by atoms with van der Waals surface area (Å²) in [6, 6.07) is 14.2. The Morgan fingerprint density at radius 2 is 1.78 bits per heavy atom. The number of halogens is 1. The minimum atomic E-state index is -1.15. The molecule has 1 atom stereocenters. The number of amides is 1. The molecule has 2 aromatic carbocycles. The molecule has 0 aliphatic heterocycles. The normalized spacial score (nSPS) is 13.2. The van der Waals surface area contributed by atoms with Crippen molar-refractivity contribution in [3.63, 3.8) is 0 Å². The predicted molar refractivity (Wildman–Crippen MR) is 90.7 cm³/mol. The van der Waals surface area contributed by atoms with Crippen molar-refractivity contribution < 1.29 is 14.6 Å². The van der Waals surface area contributed by atoms with Gasteiger partial charge < -0.3 is 15.2 Å². The summed E-state index contributed by atoms with van der Waals surface area (Å²) in [4.78, 5) is 12.0. The van der Waals surface area contributed by atoms with E-state index in [2.05, 4.69) is 5.32 Å². The summed E-state index contributed by atoms with van der Waals surface area (Å²) in [5.74, 6) is 0.601. The van der Waals surface area contributed by atoms with Gasteiger partial charge in [0.15, 0.2) is 0 Å². The van der Waals surface area contributed by atoms with Crippen LogP contribution >= 0.6 is 11.6 Å². The molecule has 0 saturated carbocycles. The van der Waals surface area contributed by atoms with Crippen LogP contribution in [0.3, 0.4) is 0 Å². The van der Waals surface area contributed by atoms with Crippen molar-refractivity contribution in [3.05, 3.63) is 64.7 Å². The first-order valence-electron chi connectivity index (χ1n) is 7.29. The van der Waals surface area contributed by atoms with E-state index in [1.165, 1.54) is 0 Å². The molecule has 5 heteroatoms. The smallest absolute Gasteiger partial charge is 0.224 e. The minimum Gasteiger partial charge on any atom is -0.497 e. The van der Waals surface area contributed by atoms with Gasteiger partial charge in [0.05, 0.1) is 20.1 Å². The maximum atomic E-state index is 12.0. The molecular formula is C18H20ClNO3. The summed E-state index contributed by atoms with van der Waals surface area (Å²) in [7, 11) is 1.60. The van der Waals surface area contributed by atoms with Crippen LogP contribution in [0.5, 0.6) is 5.75 Å². The van der Waals surface area contributed by atoms with Crippen LogP contribution in [0.1, 0.15) is 18.1 Å². The standard InChI is InChI=1S/C18H20ClNO3/c1-18(22,14-5-7-15(19)8-6-14)12-20-17(21)11-13-3-9-16(23-2)10-4-13/h3-10,22H,11-12H2,1-2H3,(H,20,21). The molecule has 0 spiro atoms. The van der Waals surface area contributed by atoms with Crippen LogP contribution < -0.4 is 10.1 Å². The zero-order valence-electron chi connectivity index (χ0n) is 13.2. The molecule has 2 N–H and O–H groups in total. The first kappa shape index (κ1) is 17.3.